The summed E-state index contributed by atoms with van der Waals surface area (Å²) in [5.41, 5.74) is 1.01. The molecule has 4 nitrogen and oxygen atoms in total. The van der Waals surface area contributed by atoms with Crippen molar-refractivity contribution in [1.29, 1.82) is 5.26 Å². The van der Waals surface area contributed by atoms with Crippen molar-refractivity contribution in [2.75, 3.05) is 6.61 Å². The van der Waals surface area contributed by atoms with Gasteiger partial charge in [0.05, 0.1) is 18.2 Å². The molecule has 21 heavy (non-hydrogen) atoms. The van der Waals surface area contributed by atoms with Gasteiger partial charge in [-0.15, -0.1) is 0 Å². The van der Waals surface area contributed by atoms with Gasteiger partial charge in [-0.2, -0.15) is 5.26 Å². The van der Waals surface area contributed by atoms with Crippen molar-refractivity contribution in [3.63, 3.8) is 0 Å². The number of hydrogen-bond donors (Lipinski definition) is 1. The molecule has 2 fully saturated rings. The Morgan fingerprint density at radius 2 is 2.10 bits per heavy atom. The third-order valence-electron chi connectivity index (χ3n) is 4.30. The summed E-state index contributed by atoms with van der Waals surface area (Å²) >= 11 is 0. The molecule has 1 amide bonds. The van der Waals surface area contributed by atoms with Crippen LogP contribution >= 0.6 is 0 Å². The zero-order valence-corrected chi connectivity index (χ0v) is 12.0. The lowest BCUT2D eigenvalue weighted by Gasteiger charge is -2.21. The maximum atomic E-state index is 12.3. The SMILES string of the molecule is N#CC(Cc1ccccc1)C(=O)NC1CCOC1C1CC1. The highest BCUT2D eigenvalue weighted by atomic mass is 16.5. The second-order valence-corrected chi connectivity index (χ2v) is 5.95. The maximum absolute atomic E-state index is 12.3. The molecule has 0 spiro atoms. The van der Waals surface area contributed by atoms with E-state index in [9.17, 15) is 10.1 Å². The summed E-state index contributed by atoms with van der Waals surface area (Å²) in [4.78, 5) is 12.3. The van der Waals surface area contributed by atoms with E-state index in [1.54, 1.807) is 0 Å². The average molecular weight is 284 g/mol. The molecule has 3 atom stereocenters. The van der Waals surface area contributed by atoms with Gasteiger partial charge in [0.2, 0.25) is 5.91 Å². The van der Waals surface area contributed by atoms with E-state index < -0.39 is 5.92 Å². The van der Waals surface area contributed by atoms with Crippen LogP contribution in [-0.2, 0) is 16.0 Å². The zero-order valence-electron chi connectivity index (χ0n) is 12.0. The van der Waals surface area contributed by atoms with Gasteiger partial charge in [0.1, 0.15) is 5.92 Å². The number of nitrogens with one attached hydrogen (secondary N) is 1. The van der Waals surface area contributed by atoms with Crippen LogP contribution in [-0.4, -0.2) is 24.7 Å². The third kappa shape index (κ3) is 3.43. The molecule has 110 valence electrons. The Hall–Kier alpha value is -1.86. The monoisotopic (exact) mass is 284 g/mol. The fraction of sp³-hybridized carbons (Fsp3) is 0.529. The minimum atomic E-state index is -0.632. The lowest BCUT2D eigenvalue weighted by molar-refractivity contribution is -0.124. The van der Waals surface area contributed by atoms with Gasteiger partial charge in [-0.05, 0) is 37.2 Å². The van der Waals surface area contributed by atoms with Crippen LogP contribution in [0.4, 0.5) is 0 Å². The quantitative estimate of drug-likeness (QED) is 0.900. The first-order valence-electron chi connectivity index (χ1n) is 7.63. The van der Waals surface area contributed by atoms with Gasteiger partial charge in [-0.1, -0.05) is 30.3 Å². The first-order valence-corrected chi connectivity index (χ1v) is 7.63. The Labute approximate surface area is 125 Å². The fourth-order valence-corrected chi connectivity index (χ4v) is 2.99. The minimum Gasteiger partial charge on any atom is -0.376 e. The second-order valence-electron chi connectivity index (χ2n) is 5.95. The lowest BCUT2D eigenvalue weighted by atomic mass is 9.98. The first-order chi connectivity index (χ1) is 10.3. The number of nitriles is 1. The number of rotatable bonds is 5. The molecule has 0 radical (unpaired) electrons. The van der Waals surface area contributed by atoms with Crippen LogP contribution in [0.5, 0.6) is 0 Å². The summed E-state index contributed by atoms with van der Waals surface area (Å²) in [5, 5.41) is 12.3. The molecule has 1 N–H and O–H groups in total. The van der Waals surface area contributed by atoms with Gasteiger partial charge < -0.3 is 10.1 Å². The van der Waals surface area contributed by atoms with Gasteiger partial charge in [0, 0.05) is 6.61 Å². The highest BCUT2D eigenvalue weighted by molar-refractivity contribution is 5.81. The van der Waals surface area contributed by atoms with Crippen molar-refractivity contribution in [3.05, 3.63) is 35.9 Å². The summed E-state index contributed by atoms with van der Waals surface area (Å²) in [5.74, 6) is -0.192. The minimum absolute atomic E-state index is 0.0802. The molecular weight excluding hydrogens is 264 g/mol. The van der Waals surface area contributed by atoms with Crippen molar-refractivity contribution in [2.45, 2.75) is 37.8 Å². The fourth-order valence-electron chi connectivity index (χ4n) is 2.99. The molecule has 3 rings (SSSR count). The summed E-state index contributed by atoms with van der Waals surface area (Å²) < 4.78 is 5.72. The van der Waals surface area contributed by atoms with Crippen LogP contribution in [0, 0.1) is 23.2 Å². The maximum Gasteiger partial charge on any atom is 0.238 e. The van der Waals surface area contributed by atoms with Crippen LogP contribution in [0.1, 0.15) is 24.8 Å². The third-order valence-corrected chi connectivity index (χ3v) is 4.30. The highest BCUT2D eigenvalue weighted by Gasteiger charge is 2.41. The second kappa shape index (κ2) is 6.28. The largest absolute Gasteiger partial charge is 0.376 e. The summed E-state index contributed by atoms with van der Waals surface area (Å²) in [6.45, 7) is 0.710. The van der Waals surface area contributed by atoms with E-state index in [4.69, 9.17) is 4.74 Å². The predicted octanol–water partition coefficient (Wildman–Crippen LogP) is 2.05. The molecule has 1 saturated heterocycles. The van der Waals surface area contributed by atoms with Crippen molar-refractivity contribution in [2.24, 2.45) is 11.8 Å². The molecule has 0 aromatic heterocycles. The summed E-state index contributed by atoms with van der Waals surface area (Å²) in [6.07, 6.45) is 3.87. The van der Waals surface area contributed by atoms with Crippen LogP contribution < -0.4 is 5.32 Å². The molecule has 3 unspecified atom stereocenters. The predicted molar refractivity (Wildman–Crippen MR) is 78.3 cm³/mol. The number of amides is 1. The van der Waals surface area contributed by atoms with Crippen molar-refractivity contribution < 1.29 is 9.53 Å². The van der Waals surface area contributed by atoms with Crippen molar-refractivity contribution >= 4 is 5.91 Å². The molecule has 4 heteroatoms. The molecule has 1 heterocycles. The van der Waals surface area contributed by atoms with E-state index in [0.29, 0.717) is 18.9 Å². The Balaban J connectivity index is 1.59. The van der Waals surface area contributed by atoms with Gasteiger partial charge in [-0.3, -0.25) is 4.79 Å². The molecular formula is C17H20N2O2. The van der Waals surface area contributed by atoms with E-state index in [-0.39, 0.29) is 18.1 Å². The molecule has 1 aromatic carbocycles. The highest BCUT2D eigenvalue weighted by Crippen LogP contribution is 2.38. The standard InChI is InChI=1S/C17H20N2O2/c18-11-14(10-12-4-2-1-3-5-12)17(20)19-15-8-9-21-16(15)13-6-7-13/h1-5,13-16H,6-10H2,(H,19,20). The smallest absolute Gasteiger partial charge is 0.238 e. The normalized spacial score (nSPS) is 26.0. The molecule has 1 aliphatic heterocycles. The molecule has 1 aliphatic carbocycles. The summed E-state index contributed by atoms with van der Waals surface area (Å²) in [6, 6.07) is 11.9. The van der Waals surface area contributed by atoms with E-state index in [1.807, 2.05) is 30.3 Å². The van der Waals surface area contributed by atoms with Gasteiger partial charge in [0.15, 0.2) is 0 Å². The average Bonchev–Trinajstić information content (AvgIpc) is 3.26. The van der Waals surface area contributed by atoms with E-state index in [2.05, 4.69) is 11.4 Å². The lowest BCUT2D eigenvalue weighted by Crippen LogP contribution is -2.44. The van der Waals surface area contributed by atoms with Gasteiger partial charge >= 0.3 is 0 Å². The summed E-state index contributed by atoms with van der Waals surface area (Å²) in [7, 11) is 0. The van der Waals surface area contributed by atoms with Crippen molar-refractivity contribution in [1.82, 2.24) is 5.32 Å². The molecule has 1 aromatic rings. The van der Waals surface area contributed by atoms with Crippen LogP contribution in [0.2, 0.25) is 0 Å². The van der Waals surface area contributed by atoms with Crippen molar-refractivity contribution in [3.8, 4) is 6.07 Å². The Morgan fingerprint density at radius 1 is 1.33 bits per heavy atom. The number of ether oxygens (including phenoxy) is 1. The van der Waals surface area contributed by atoms with Crippen LogP contribution in [0.3, 0.4) is 0 Å². The molecule has 1 saturated carbocycles. The van der Waals surface area contributed by atoms with Gasteiger partial charge in [0.25, 0.3) is 0 Å². The Kier molecular flexibility index (Phi) is 4.21. The number of carbonyl (C=O) groups is 1. The topological polar surface area (TPSA) is 62.1 Å². The Morgan fingerprint density at radius 3 is 2.76 bits per heavy atom. The number of hydrogen-bond acceptors (Lipinski definition) is 3. The van der Waals surface area contributed by atoms with Crippen LogP contribution in [0.15, 0.2) is 30.3 Å². The molecule has 2 aliphatic rings. The Bertz CT molecular complexity index is 533. The van der Waals surface area contributed by atoms with E-state index in [0.717, 1.165) is 12.0 Å². The van der Waals surface area contributed by atoms with E-state index >= 15 is 0 Å². The van der Waals surface area contributed by atoms with Gasteiger partial charge in [-0.25, -0.2) is 0 Å². The van der Waals surface area contributed by atoms with Crippen LogP contribution in [0.25, 0.3) is 0 Å². The number of nitrogens with zero attached hydrogens (tertiary/aromatic N) is 1. The molecule has 0 bridgehead atoms. The number of benzene rings is 1. The van der Waals surface area contributed by atoms with E-state index in [1.165, 1.54) is 12.8 Å². The number of carbonyl (C=O) groups excluding carboxylic acids is 1. The first kappa shape index (κ1) is 14.1. The zero-order chi connectivity index (χ0) is 14.7.